The van der Waals surface area contributed by atoms with Crippen molar-refractivity contribution in [3.8, 4) is 0 Å². The summed E-state index contributed by atoms with van der Waals surface area (Å²) in [6.07, 6.45) is 5.68. The summed E-state index contributed by atoms with van der Waals surface area (Å²) in [7, 11) is 0. The predicted molar refractivity (Wildman–Crippen MR) is 78.1 cm³/mol. The van der Waals surface area contributed by atoms with Crippen molar-refractivity contribution in [1.29, 1.82) is 0 Å². The molecule has 1 amide bonds. The van der Waals surface area contributed by atoms with Crippen molar-refractivity contribution < 1.29 is 9.18 Å². The van der Waals surface area contributed by atoms with E-state index >= 15 is 0 Å². The Morgan fingerprint density at radius 2 is 2.05 bits per heavy atom. The highest BCUT2D eigenvalue weighted by atomic mass is 19.1. The first-order chi connectivity index (χ1) is 9.63. The number of hydrogen-bond donors (Lipinski definition) is 1. The van der Waals surface area contributed by atoms with Gasteiger partial charge in [-0.25, -0.2) is 4.39 Å². The minimum atomic E-state index is -0.304. The molecule has 0 radical (unpaired) electrons. The highest BCUT2D eigenvalue weighted by Crippen LogP contribution is 2.24. The van der Waals surface area contributed by atoms with Crippen LogP contribution < -0.4 is 5.73 Å². The van der Waals surface area contributed by atoms with Crippen molar-refractivity contribution in [3.05, 3.63) is 35.1 Å². The van der Waals surface area contributed by atoms with Gasteiger partial charge in [-0.1, -0.05) is 19.3 Å². The third-order valence-electron chi connectivity index (χ3n) is 4.07. The number of rotatable bonds is 4. The minimum Gasteiger partial charge on any atom is -0.334 e. The van der Waals surface area contributed by atoms with Crippen LogP contribution in [0.15, 0.2) is 18.2 Å². The molecule has 1 saturated carbocycles. The lowest BCUT2D eigenvalue weighted by Crippen LogP contribution is -2.44. The lowest BCUT2D eigenvalue weighted by atomic mass is 9.93. The molecule has 0 spiro atoms. The van der Waals surface area contributed by atoms with E-state index in [1.165, 1.54) is 31.4 Å². The van der Waals surface area contributed by atoms with Crippen LogP contribution in [0.4, 0.5) is 4.39 Å². The van der Waals surface area contributed by atoms with E-state index in [0.29, 0.717) is 24.2 Å². The van der Waals surface area contributed by atoms with Gasteiger partial charge < -0.3 is 10.6 Å². The molecule has 1 aromatic rings. The summed E-state index contributed by atoms with van der Waals surface area (Å²) in [6, 6.07) is 4.62. The molecule has 0 heterocycles. The number of amides is 1. The maximum Gasteiger partial charge on any atom is 0.254 e. The van der Waals surface area contributed by atoms with Crippen LogP contribution >= 0.6 is 0 Å². The fourth-order valence-corrected chi connectivity index (χ4v) is 3.00. The molecule has 4 heteroatoms. The summed E-state index contributed by atoms with van der Waals surface area (Å²) in [4.78, 5) is 14.6. The highest BCUT2D eigenvalue weighted by molar-refractivity contribution is 5.95. The Morgan fingerprint density at radius 3 is 2.65 bits per heavy atom. The number of hydrogen-bond acceptors (Lipinski definition) is 2. The number of benzene rings is 1. The molecule has 1 aliphatic rings. The van der Waals surface area contributed by atoms with Crippen LogP contribution in [-0.2, 0) is 0 Å². The average Bonchev–Trinajstić information content (AvgIpc) is 2.45. The van der Waals surface area contributed by atoms with Gasteiger partial charge in [0.1, 0.15) is 5.82 Å². The Labute approximate surface area is 120 Å². The number of nitrogens with two attached hydrogens (primary N) is 1. The van der Waals surface area contributed by atoms with E-state index < -0.39 is 0 Å². The SMILES string of the molecule is Cc1cc(F)ccc1C(=O)N(CCN)C1CCCCC1. The second-order valence-corrected chi connectivity index (χ2v) is 5.54. The fraction of sp³-hybridized carbons (Fsp3) is 0.562. The van der Waals surface area contributed by atoms with E-state index in [2.05, 4.69) is 0 Å². The van der Waals surface area contributed by atoms with Crippen LogP contribution in [0.5, 0.6) is 0 Å². The summed E-state index contributed by atoms with van der Waals surface area (Å²) in [5.74, 6) is -0.318. The van der Waals surface area contributed by atoms with Gasteiger partial charge in [0.2, 0.25) is 0 Å². The topological polar surface area (TPSA) is 46.3 Å². The second kappa shape index (κ2) is 6.84. The molecule has 110 valence electrons. The first-order valence-electron chi connectivity index (χ1n) is 7.40. The van der Waals surface area contributed by atoms with Gasteiger partial charge in [0, 0.05) is 24.7 Å². The van der Waals surface area contributed by atoms with Crippen molar-refractivity contribution in [3.63, 3.8) is 0 Å². The Balaban J connectivity index is 2.21. The van der Waals surface area contributed by atoms with Gasteiger partial charge in [-0.15, -0.1) is 0 Å². The van der Waals surface area contributed by atoms with Crippen LogP contribution in [0.3, 0.4) is 0 Å². The van der Waals surface area contributed by atoms with Gasteiger partial charge in [0.05, 0.1) is 0 Å². The molecule has 20 heavy (non-hydrogen) atoms. The lowest BCUT2D eigenvalue weighted by molar-refractivity contribution is 0.0641. The quantitative estimate of drug-likeness (QED) is 0.920. The normalized spacial score (nSPS) is 16.1. The van der Waals surface area contributed by atoms with E-state index in [4.69, 9.17) is 5.73 Å². The molecular weight excluding hydrogens is 255 g/mol. The highest BCUT2D eigenvalue weighted by Gasteiger charge is 2.26. The van der Waals surface area contributed by atoms with Crippen molar-refractivity contribution in [2.45, 2.75) is 45.1 Å². The zero-order chi connectivity index (χ0) is 14.5. The van der Waals surface area contributed by atoms with E-state index in [1.807, 2.05) is 4.90 Å². The van der Waals surface area contributed by atoms with Crippen molar-refractivity contribution in [2.75, 3.05) is 13.1 Å². The number of halogens is 1. The first-order valence-corrected chi connectivity index (χ1v) is 7.40. The van der Waals surface area contributed by atoms with E-state index in [9.17, 15) is 9.18 Å². The molecule has 2 rings (SSSR count). The van der Waals surface area contributed by atoms with Gasteiger partial charge in [0.15, 0.2) is 0 Å². The van der Waals surface area contributed by atoms with Gasteiger partial charge in [-0.05, 0) is 43.5 Å². The molecule has 1 aromatic carbocycles. The van der Waals surface area contributed by atoms with Crippen LogP contribution in [0.25, 0.3) is 0 Å². The van der Waals surface area contributed by atoms with Crippen molar-refractivity contribution in [1.82, 2.24) is 4.90 Å². The summed E-state index contributed by atoms with van der Waals surface area (Å²) in [5, 5.41) is 0. The maximum atomic E-state index is 13.2. The van der Waals surface area contributed by atoms with Crippen molar-refractivity contribution in [2.24, 2.45) is 5.73 Å². The molecule has 0 bridgehead atoms. The van der Waals surface area contributed by atoms with Crippen LogP contribution in [0.1, 0.15) is 48.0 Å². The van der Waals surface area contributed by atoms with Crippen LogP contribution in [0, 0.1) is 12.7 Å². The van der Waals surface area contributed by atoms with E-state index in [0.717, 1.165) is 12.8 Å². The first kappa shape index (κ1) is 15.0. The summed E-state index contributed by atoms with van der Waals surface area (Å²) < 4.78 is 13.2. The number of carbonyl (C=O) groups is 1. The Morgan fingerprint density at radius 1 is 1.35 bits per heavy atom. The van der Waals surface area contributed by atoms with Gasteiger partial charge in [-0.2, -0.15) is 0 Å². The zero-order valence-electron chi connectivity index (χ0n) is 12.1. The number of nitrogens with zero attached hydrogens (tertiary/aromatic N) is 1. The van der Waals surface area contributed by atoms with Crippen LogP contribution in [-0.4, -0.2) is 29.9 Å². The fourth-order valence-electron chi connectivity index (χ4n) is 3.00. The number of aryl methyl sites for hydroxylation is 1. The molecule has 2 N–H and O–H groups in total. The summed E-state index contributed by atoms with van der Waals surface area (Å²) in [5.41, 5.74) is 6.94. The Hall–Kier alpha value is -1.42. The van der Waals surface area contributed by atoms with Crippen LogP contribution in [0.2, 0.25) is 0 Å². The summed E-state index contributed by atoms with van der Waals surface area (Å²) in [6.45, 7) is 2.81. The molecule has 0 atom stereocenters. The summed E-state index contributed by atoms with van der Waals surface area (Å²) >= 11 is 0. The molecule has 0 aromatic heterocycles. The van der Waals surface area contributed by atoms with Crippen molar-refractivity contribution >= 4 is 5.91 Å². The Kier molecular flexibility index (Phi) is 5.12. The molecular formula is C16H23FN2O. The standard InChI is InChI=1S/C16H23FN2O/c1-12-11-13(17)7-8-15(12)16(20)19(10-9-18)14-5-3-2-4-6-14/h7-8,11,14H,2-6,9-10,18H2,1H3. The zero-order valence-corrected chi connectivity index (χ0v) is 12.1. The van der Waals surface area contributed by atoms with Gasteiger partial charge in [0.25, 0.3) is 5.91 Å². The maximum absolute atomic E-state index is 13.2. The second-order valence-electron chi connectivity index (χ2n) is 5.54. The molecule has 0 saturated heterocycles. The third-order valence-corrected chi connectivity index (χ3v) is 4.07. The molecule has 1 aliphatic carbocycles. The Bertz CT molecular complexity index is 470. The largest absolute Gasteiger partial charge is 0.334 e. The smallest absolute Gasteiger partial charge is 0.254 e. The minimum absolute atomic E-state index is 0.0140. The molecule has 3 nitrogen and oxygen atoms in total. The van der Waals surface area contributed by atoms with E-state index in [1.54, 1.807) is 13.0 Å². The number of carbonyl (C=O) groups excluding carboxylic acids is 1. The van der Waals surface area contributed by atoms with E-state index in [-0.39, 0.29) is 17.8 Å². The molecule has 0 unspecified atom stereocenters. The molecule has 0 aliphatic heterocycles. The lowest BCUT2D eigenvalue weighted by Gasteiger charge is -2.34. The van der Waals surface area contributed by atoms with Gasteiger partial charge >= 0.3 is 0 Å². The van der Waals surface area contributed by atoms with Gasteiger partial charge in [-0.3, -0.25) is 4.79 Å². The monoisotopic (exact) mass is 278 g/mol. The molecule has 1 fully saturated rings. The average molecular weight is 278 g/mol. The predicted octanol–water partition coefficient (Wildman–Crippen LogP) is 2.87. The third kappa shape index (κ3) is 3.37.